The standard InChI is InChI=1S/C33H67NO2/c1-4-5-6-7-8-9-10-11-12-13-14-15-16-17-18-19-20-21-22-23-24-25-26-27-28-29-30-31-34(32(2)35)33(3)36/h30-33,35-36H,4-29H2,1-3H3. The number of nitrogens with zero attached hydrogens (tertiary/aromatic N) is 1. The van der Waals surface area contributed by atoms with Gasteiger partial charge in [-0.15, -0.1) is 0 Å². The molecule has 36 heavy (non-hydrogen) atoms. The van der Waals surface area contributed by atoms with E-state index in [-0.39, 0.29) is 0 Å². The van der Waals surface area contributed by atoms with Gasteiger partial charge in [-0.05, 0) is 26.7 Å². The van der Waals surface area contributed by atoms with Crippen LogP contribution in [-0.4, -0.2) is 27.6 Å². The number of hydrogen-bond acceptors (Lipinski definition) is 3. The summed E-state index contributed by atoms with van der Waals surface area (Å²) in [6.07, 6.45) is 39.3. The molecular weight excluding hydrogens is 442 g/mol. The Morgan fingerprint density at radius 1 is 0.444 bits per heavy atom. The van der Waals surface area contributed by atoms with Crippen molar-refractivity contribution >= 4 is 0 Å². The van der Waals surface area contributed by atoms with Crippen molar-refractivity contribution in [2.45, 2.75) is 200 Å². The van der Waals surface area contributed by atoms with Gasteiger partial charge in [-0.25, -0.2) is 0 Å². The van der Waals surface area contributed by atoms with Crippen LogP contribution in [0.5, 0.6) is 0 Å². The minimum atomic E-state index is -0.648. The molecule has 2 unspecified atom stereocenters. The zero-order valence-corrected chi connectivity index (χ0v) is 25.0. The Balaban J connectivity index is 3.17. The topological polar surface area (TPSA) is 43.7 Å². The summed E-state index contributed by atoms with van der Waals surface area (Å²) >= 11 is 0. The fraction of sp³-hybridized carbons (Fsp3) is 0.939. The molecule has 0 bridgehead atoms. The Kier molecular flexibility index (Phi) is 28.6. The summed E-state index contributed by atoms with van der Waals surface area (Å²) in [6.45, 7) is 5.66. The number of allylic oxidation sites excluding steroid dienone is 1. The second-order valence-corrected chi connectivity index (χ2v) is 11.4. The van der Waals surface area contributed by atoms with E-state index in [1.807, 2.05) is 6.20 Å². The lowest BCUT2D eigenvalue weighted by molar-refractivity contribution is -0.0513. The molecule has 0 saturated heterocycles. The fourth-order valence-corrected chi connectivity index (χ4v) is 5.16. The molecular formula is C33H67NO2. The molecule has 2 atom stereocenters. The van der Waals surface area contributed by atoms with Gasteiger partial charge in [0.2, 0.25) is 0 Å². The van der Waals surface area contributed by atoms with E-state index in [9.17, 15) is 10.2 Å². The number of rotatable bonds is 29. The first-order valence-corrected chi connectivity index (χ1v) is 16.4. The van der Waals surface area contributed by atoms with Gasteiger partial charge in [0.05, 0.1) is 0 Å². The lowest BCUT2D eigenvalue weighted by Gasteiger charge is -2.26. The van der Waals surface area contributed by atoms with E-state index in [2.05, 4.69) is 13.0 Å². The van der Waals surface area contributed by atoms with Gasteiger partial charge in [0, 0.05) is 6.20 Å². The highest BCUT2D eigenvalue weighted by Gasteiger charge is 2.10. The van der Waals surface area contributed by atoms with Crippen molar-refractivity contribution in [3.8, 4) is 0 Å². The predicted molar refractivity (Wildman–Crippen MR) is 160 cm³/mol. The minimum Gasteiger partial charge on any atom is -0.374 e. The molecule has 3 heteroatoms. The molecule has 0 aliphatic rings. The third kappa shape index (κ3) is 26.5. The number of unbranched alkanes of at least 4 members (excludes halogenated alkanes) is 25. The number of aliphatic hydroxyl groups excluding tert-OH is 2. The largest absolute Gasteiger partial charge is 0.374 e. The quantitative estimate of drug-likeness (QED) is 0.0778. The SMILES string of the molecule is CCCCCCCCCCCCCCCCCCCCCCCCCCCC=CN(C(C)O)C(C)O. The Bertz CT molecular complexity index is 427. The second-order valence-electron chi connectivity index (χ2n) is 11.4. The maximum absolute atomic E-state index is 9.59. The zero-order valence-electron chi connectivity index (χ0n) is 25.0. The van der Waals surface area contributed by atoms with Gasteiger partial charge in [-0.2, -0.15) is 0 Å². The van der Waals surface area contributed by atoms with Crippen LogP contribution in [0.3, 0.4) is 0 Å². The maximum Gasteiger partial charge on any atom is 0.125 e. The summed E-state index contributed by atoms with van der Waals surface area (Å²) < 4.78 is 0. The van der Waals surface area contributed by atoms with E-state index in [0.717, 1.165) is 6.42 Å². The molecule has 2 N–H and O–H groups in total. The summed E-state index contributed by atoms with van der Waals surface area (Å²) in [5.41, 5.74) is 0. The monoisotopic (exact) mass is 510 g/mol. The van der Waals surface area contributed by atoms with Gasteiger partial charge in [-0.3, -0.25) is 0 Å². The maximum atomic E-state index is 9.59. The molecule has 0 aromatic rings. The van der Waals surface area contributed by atoms with Crippen LogP contribution >= 0.6 is 0 Å². The molecule has 0 spiro atoms. The average molecular weight is 510 g/mol. The smallest absolute Gasteiger partial charge is 0.125 e. The zero-order chi connectivity index (χ0) is 26.5. The van der Waals surface area contributed by atoms with E-state index < -0.39 is 12.5 Å². The first-order chi connectivity index (χ1) is 17.6. The van der Waals surface area contributed by atoms with Crippen LogP contribution in [0.15, 0.2) is 12.3 Å². The lowest BCUT2D eigenvalue weighted by Crippen LogP contribution is -2.35. The third-order valence-electron chi connectivity index (χ3n) is 7.61. The van der Waals surface area contributed by atoms with Crippen LogP contribution < -0.4 is 0 Å². The molecule has 0 rings (SSSR count). The highest BCUT2D eigenvalue weighted by atomic mass is 16.3. The van der Waals surface area contributed by atoms with Gasteiger partial charge in [0.25, 0.3) is 0 Å². The predicted octanol–water partition coefficient (Wildman–Crippen LogP) is 10.6. The van der Waals surface area contributed by atoms with Crippen LogP contribution in [0, 0.1) is 0 Å². The minimum absolute atomic E-state index is 0.648. The summed E-state index contributed by atoms with van der Waals surface area (Å²) in [5.74, 6) is 0. The molecule has 0 heterocycles. The van der Waals surface area contributed by atoms with Gasteiger partial charge in [-0.1, -0.05) is 167 Å². The molecule has 0 radical (unpaired) electrons. The normalized spacial score (nSPS) is 13.5. The Labute approximate surface area is 227 Å². The van der Waals surface area contributed by atoms with Gasteiger partial charge < -0.3 is 15.1 Å². The summed E-state index contributed by atoms with van der Waals surface area (Å²) in [4.78, 5) is 1.57. The average Bonchev–Trinajstić information content (AvgIpc) is 2.85. The van der Waals surface area contributed by atoms with Crippen molar-refractivity contribution in [2.24, 2.45) is 0 Å². The Morgan fingerprint density at radius 2 is 0.694 bits per heavy atom. The molecule has 216 valence electrons. The number of aliphatic hydroxyl groups is 2. The summed E-state index contributed by atoms with van der Waals surface area (Å²) in [6, 6.07) is 0. The molecule has 0 fully saturated rings. The van der Waals surface area contributed by atoms with Crippen molar-refractivity contribution in [2.75, 3.05) is 0 Å². The second kappa shape index (κ2) is 29.0. The van der Waals surface area contributed by atoms with Crippen LogP contribution in [0.2, 0.25) is 0 Å². The van der Waals surface area contributed by atoms with E-state index >= 15 is 0 Å². The van der Waals surface area contributed by atoms with Crippen molar-refractivity contribution in [3.63, 3.8) is 0 Å². The molecule has 0 aromatic heterocycles. The Morgan fingerprint density at radius 3 is 0.944 bits per heavy atom. The van der Waals surface area contributed by atoms with Crippen LogP contribution in [0.1, 0.15) is 188 Å². The van der Waals surface area contributed by atoms with Crippen LogP contribution in [-0.2, 0) is 0 Å². The fourth-order valence-electron chi connectivity index (χ4n) is 5.16. The summed E-state index contributed by atoms with van der Waals surface area (Å²) in [7, 11) is 0. The van der Waals surface area contributed by atoms with Crippen molar-refractivity contribution in [1.29, 1.82) is 0 Å². The van der Waals surface area contributed by atoms with E-state index in [1.165, 1.54) is 161 Å². The molecule has 0 aliphatic carbocycles. The van der Waals surface area contributed by atoms with Crippen LogP contribution in [0.4, 0.5) is 0 Å². The summed E-state index contributed by atoms with van der Waals surface area (Å²) in [5, 5.41) is 19.2. The van der Waals surface area contributed by atoms with Gasteiger partial charge in [0.1, 0.15) is 12.5 Å². The molecule has 0 amide bonds. The highest BCUT2D eigenvalue weighted by molar-refractivity contribution is 4.83. The molecule has 0 aromatic carbocycles. The molecule has 0 aliphatic heterocycles. The van der Waals surface area contributed by atoms with Crippen molar-refractivity contribution in [1.82, 2.24) is 4.90 Å². The van der Waals surface area contributed by atoms with E-state index in [0.29, 0.717) is 0 Å². The van der Waals surface area contributed by atoms with E-state index in [4.69, 9.17) is 0 Å². The number of hydrogen-bond donors (Lipinski definition) is 2. The van der Waals surface area contributed by atoms with Crippen molar-refractivity contribution < 1.29 is 10.2 Å². The molecule has 0 saturated carbocycles. The third-order valence-corrected chi connectivity index (χ3v) is 7.61. The molecule has 3 nitrogen and oxygen atoms in total. The van der Waals surface area contributed by atoms with Gasteiger partial charge >= 0.3 is 0 Å². The first kappa shape index (κ1) is 35.5. The highest BCUT2D eigenvalue weighted by Crippen LogP contribution is 2.16. The lowest BCUT2D eigenvalue weighted by atomic mass is 10.0. The van der Waals surface area contributed by atoms with Crippen LogP contribution in [0.25, 0.3) is 0 Å². The van der Waals surface area contributed by atoms with Gasteiger partial charge in [0.15, 0.2) is 0 Å². The first-order valence-electron chi connectivity index (χ1n) is 16.4. The Hall–Kier alpha value is -0.540. The van der Waals surface area contributed by atoms with E-state index in [1.54, 1.807) is 18.7 Å². The van der Waals surface area contributed by atoms with Crippen molar-refractivity contribution in [3.05, 3.63) is 12.3 Å².